The summed E-state index contributed by atoms with van der Waals surface area (Å²) in [7, 11) is 0. The molecule has 6 heteroatoms. The molecule has 19 heavy (non-hydrogen) atoms. The van der Waals surface area contributed by atoms with Gasteiger partial charge in [-0.15, -0.1) is 0 Å². The Balaban J connectivity index is 2.37. The molecule has 1 aromatic rings. The maximum Gasteiger partial charge on any atom is 0.407 e. The van der Waals surface area contributed by atoms with Crippen LogP contribution < -0.4 is 5.32 Å². The van der Waals surface area contributed by atoms with Crippen LogP contribution in [0.2, 0.25) is 0 Å². The molecule has 0 fully saturated rings. The molecule has 0 spiro atoms. The van der Waals surface area contributed by atoms with Gasteiger partial charge in [0, 0.05) is 17.1 Å². The second-order valence-electron chi connectivity index (χ2n) is 5.03. The summed E-state index contributed by atoms with van der Waals surface area (Å²) >= 11 is 0. The summed E-state index contributed by atoms with van der Waals surface area (Å²) in [5, 5.41) is 6.17. The first kappa shape index (κ1) is 14.9. The van der Waals surface area contributed by atoms with E-state index in [0.29, 0.717) is 18.7 Å². The average Bonchev–Trinajstić information content (AvgIpc) is 2.29. The first-order chi connectivity index (χ1) is 8.90. The van der Waals surface area contributed by atoms with Gasteiger partial charge in [0.15, 0.2) is 0 Å². The van der Waals surface area contributed by atoms with Gasteiger partial charge in [-0.2, -0.15) is 0 Å². The number of amides is 1. The van der Waals surface area contributed by atoms with Crippen molar-refractivity contribution in [2.45, 2.75) is 32.8 Å². The molecule has 1 N–H and O–H groups in total. The maximum atomic E-state index is 11.4. The molecular weight excluding hydrogens is 244 g/mol. The van der Waals surface area contributed by atoms with Gasteiger partial charge in [-0.05, 0) is 38.3 Å². The number of hydrogen-bond acceptors (Lipinski definition) is 3. The van der Waals surface area contributed by atoms with E-state index in [-0.39, 0.29) is 0 Å². The third kappa shape index (κ3) is 6.33. The van der Waals surface area contributed by atoms with Crippen LogP contribution in [0.15, 0.2) is 29.4 Å². The summed E-state index contributed by atoms with van der Waals surface area (Å²) in [6, 6.07) is 7.20. The molecule has 0 aromatic heterocycles. The van der Waals surface area contributed by atoms with E-state index in [4.69, 9.17) is 10.3 Å². The predicted molar refractivity (Wildman–Crippen MR) is 73.2 cm³/mol. The summed E-state index contributed by atoms with van der Waals surface area (Å²) < 4.78 is 5.12. The zero-order valence-electron chi connectivity index (χ0n) is 11.4. The lowest BCUT2D eigenvalue weighted by Gasteiger charge is -2.19. The Morgan fingerprint density at radius 1 is 1.37 bits per heavy atom. The second-order valence-corrected chi connectivity index (χ2v) is 5.03. The zero-order valence-corrected chi connectivity index (χ0v) is 11.4. The molecule has 102 valence electrons. The van der Waals surface area contributed by atoms with Crippen molar-refractivity contribution in [3.8, 4) is 0 Å². The summed E-state index contributed by atoms with van der Waals surface area (Å²) in [6.07, 6.45) is 0.272. The molecule has 0 aliphatic heterocycles. The third-order valence-electron chi connectivity index (χ3n) is 2.18. The topological polar surface area (TPSA) is 87.1 Å². The van der Waals surface area contributed by atoms with E-state index in [1.54, 1.807) is 12.1 Å². The van der Waals surface area contributed by atoms with Crippen molar-refractivity contribution in [3.05, 3.63) is 40.3 Å². The lowest BCUT2D eigenvalue weighted by Crippen LogP contribution is -2.33. The Bertz CT molecular complexity index is 470. The highest BCUT2D eigenvalue weighted by Gasteiger charge is 2.15. The van der Waals surface area contributed by atoms with E-state index in [9.17, 15) is 4.79 Å². The maximum absolute atomic E-state index is 11.4. The first-order valence-electron chi connectivity index (χ1n) is 6.01. The minimum Gasteiger partial charge on any atom is -0.444 e. The number of benzene rings is 1. The standard InChI is InChI=1S/C13H18N4O2/c1-13(2,3)19-12(18)15-9-8-10-4-6-11(7-5-10)16-17-14/h4-7H,8-9H2,1-3H3,(H,15,18). The number of carbonyl (C=O) groups is 1. The Hall–Kier alpha value is -2.20. The van der Waals surface area contributed by atoms with Crippen molar-refractivity contribution in [2.24, 2.45) is 5.11 Å². The monoisotopic (exact) mass is 262 g/mol. The molecule has 0 aliphatic carbocycles. The Kier molecular flexibility index (Phi) is 5.21. The molecule has 6 nitrogen and oxygen atoms in total. The minimum atomic E-state index is -0.485. The number of hydrogen-bond donors (Lipinski definition) is 1. The van der Waals surface area contributed by atoms with E-state index in [0.717, 1.165) is 5.56 Å². The fourth-order valence-corrected chi connectivity index (χ4v) is 1.40. The number of ether oxygens (including phenoxy) is 1. The van der Waals surface area contributed by atoms with Gasteiger partial charge in [0.2, 0.25) is 0 Å². The fraction of sp³-hybridized carbons (Fsp3) is 0.462. The Morgan fingerprint density at radius 2 is 2.00 bits per heavy atom. The number of nitrogens with zero attached hydrogens (tertiary/aromatic N) is 3. The van der Waals surface area contributed by atoms with Crippen LogP contribution >= 0.6 is 0 Å². The molecule has 0 atom stereocenters. The van der Waals surface area contributed by atoms with Crippen LogP contribution in [-0.2, 0) is 11.2 Å². The van der Waals surface area contributed by atoms with Gasteiger partial charge in [0.05, 0.1) is 0 Å². The number of carbonyl (C=O) groups excluding carboxylic acids is 1. The summed E-state index contributed by atoms with van der Waals surface area (Å²) in [5.74, 6) is 0. The largest absolute Gasteiger partial charge is 0.444 e. The van der Waals surface area contributed by atoms with Crippen LogP contribution in [-0.4, -0.2) is 18.2 Å². The van der Waals surface area contributed by atoms with Crippen molar-refractivity contribution < 1.29 is 9.53 Å². The zero-order chi connectivity index (χ0) is 14.3. The number of azide groups is 1. The van der Waals surface area contributed by atoms with E-state index in [2.05, 4.69) is 15.3 Å². The van der Waals surface area contributed by atoms with Gasteiger partial charge >= 0.3 is 6.09 Å². The number of rotatable bonds is 4. The first-order valence-corrected chi connectivity index (χ1v) is 6.01. The van der Waals surface area contributed by atoms with Gasteiger partial charge in [-0.25, -0.2) is 4.79 Å². The molecule has 0 heterocycles. The second kappa shape index (κ2) is 6.66. The van der Waals surface area contributed by atoms with Gasteiger partial charge in [-0.1, -0.05) is 29.4 Å². The molecule has 0 unspecified atom stereocenters. The molecule has 0 radical (unpaired) electrons. The van der Waals surface area contributed by atoms with Crippen molar-refractivity contribution in [3.63, 3.8) is 0 Å². The highest BCUT2D eigenvalue weighted by atomic mass is 16.6. The highest BCUT2D eigenvalue weighted by Crippen LogP contribution is 2.13. The quantitative estimate of drug-likeness (QED) is 0.509. The summed E-state index contributed by atoms with van der Waals surface area (Å²) in [6.45, 7) is 5.96. The minimum absolute atomic E-state index is 0.418. The van der Waals surface area contributed by atoms with Crippen LogP contribution in [0.1, 0.15) is 26.3 Å². The van der Waals surface area contributed by atoms with E-state index in [1.165, 1.54) is 0 Å². The normalized spacial score (nSPS) is 10.5. The Labute approximate surface area is 112 Å². The number of nitrogens with one attached hydrogen (secondary N) is 1. The fourth-order valence-electron chi connectivity index (χ4n) is 1.40. The summed E-state index contributed by atoms with van der Waals surface area (Å²) in [4.78, 5) is 14.1. The molecule has 1 aromatic carbocycles. The third-order valence-corrected chi connectivity index (χ3v) is 2.18. The van der Waals surface area contributed by atoms with Gasteiger partial charge in [-0.3, -0.25) is 0 Å². The molecule has 1 amide bonds. The van der Waals surface area contributed by atoms with Crippen molar-refractivity contribution >= 4 is 11.8 Å². The number of alkyl carbamates (subject to hydrolysis) is 1. The van der Waals surface area contributed by atoms with Crippen LogP contribution in [0.4, 0.5) is 10.5 Å². The van der Waals surface area contributed by atoms with Gasteiger partial charge in [0.1, 0.15) is 5.60 Å². The smallest absolute Gasteiger partial charge is 0.407 e. The Morgan fingerprint density at radius 3 is 2.53 bits per heavy atom. The van der Waals surface area contributed by atoms with Crippen LogP contribution in [0.5, 0.6) is 0 Å². The van der Waals surface area contributed by atoms with E-state index in [1.807, 2.05) is 32.9 Å². The summed E-state index contributed by atoms with van der Waals surface area (Å²) in [5.41, 5.74) is 9.42. The highest BCUT2D eigenvalue weighted by molar-refractivity contribution is 5.67. The molecular formula is C13H18N4O2. The van der Waals surface area contributed by atoms with E-state index < -0.39 is 11.7 Å². The average molecular weight is 262 g/mol. The molecule has 0 aliphatic rings. The lowest BCUT2D eigenvalue weighted by atomic mass is 10.1. The SMILES string of the molecule is CC(C)(C)OC(=O)NCCc1ccc(N=[N+]=[N-])cc1. The van der Waals surface area contributed by atoms with Gasteiger partial charge in [0.25, 0.3) is 0 Å². The molecule has 1 rings (SSSR count). The van der Waals surface area contributed by atoms with E-state index >= 15 is 0 Å². The molecule has 0 bridgehead atoms. The molecule has 0 saturated heterocycles. The van der Waals surface area contributed by atoms with Crippen molar-refractivity contribution in [2.75, 3.05) is 6.54 Å². The van der Waals surface area contributed by atoms with Crippen molar-refractivity contribution in [1.29, 1.82) is 0 Å². The van der Waals surface area contributed by atoms with Crippen LogP contribution in [0.25, 0.3) is 10.4 Å². The van der Waals surface area contributed by atoms with Gasteiger partial charge < -0.3 is 10.1 Å². The van der Waals surface area contributed by atoms with Crippen LogP contribution in [0, 0.1) is 0 Å². The predicted octanol–water partition coefficient (Wildman–Crippen LogP) is 3.70. The van der Waals surface area contributed by atoms with Crippen LogP contribution in [0.3, 0.4) is 0 Å². The molecule has 0 saturated carbocycles. The lowest BCUT2D eigenvalue weighted by molar-refractivity contribution is 0.0528. The van der Waals surface area contributed by atoms with Crippen molar-refractivity contribution in [1.82, 2.24) is 5.32 Å².